The summed E-state index contributed by atoms with van der Waals surface area (Å²) in [4.78, 5) is 24.4. The van der Waals surface area contributed by atoms with Gasteiger partial charge in [0.05, 0.1) is 17.5 Å². The topological polar surface area (TPSA) is 66.8 Å². The predicted octanol–water partition coefficient (Wildman–Crippen LogP) is 2.47. The Morgan fingerprint density at radius 2 is 1.96 bits per heavy atom. The van der Waals surface area contributed by atoms with E-state index in [1.165, 1.54) is 19.1 Å². The number of esters is 1. The molecule has 0 spiro atoms. The van der Waals surface area contributed by atoms with Crippen LogP contribution in [0.4, 0.5) is 13.2 Å². The fourth-order valence-corrected chi connectivity index (χ4v) is 2.46. The molecular formula is C15H12F3NO5. The summed E-state index contributed by atoms with van der Waals surface area (Å²) < 4.78 is 54.4. The van der Waals surface area contributed by atoms with Gasteiger partial charge in [-0.1, -0.05) is 0 Å². The molecule has 1 aromatic carbocycles. The highest BCUT2D eigenvalue weighted by Gasteiger charge is 2.30. The number of pyridine rings is 1. The maximum Gasteiger partial charge on any atom is 0.406 e. The molecule has 1 aliphatic heterocycles. The van der Waals surface area contributed by atoms with Gasteiger partial charge in [0, 0.05) is 12.3 Å². The number of halogens is 3. The SMILES string of the molecule is CCOC(=O)c1cn(CC(F)(F)F)c2cc3c(cc2c1=O)OCO3. The number of hydrogen-bond acceptors (Lipinski definition) is 5. The van der Waals surface area contributed by atoms with Crippen molar-refractivity contribution in [1.82, 2.24) is 4.57 Å². The number of carbonyl (C=O) groups is 1. The molecule has 1 aromatic heterocycles. The van der Waals surface area contributed by atoms with Crippen molar-refractivity contribution in [2.45, 2.75) is 19.6 Å². The number of nitrogens with zero attached hydrogens (tertiary/aromatic N) is 1. The van der Waals surface area contributed by atoms with E-state index in [9.17, 15) is 22.8 Å². The number of aromatic nitrogens is 1. The van der Waals surface area contributed by atoms with E-state index in [1.807, 2.05) is 0 Å². The van der Waals surface area contributed by atoms with Crippen LogP contribution in [0, 0.1) is 0 Å². The van der Waals surface area contributed by atoms with Crippen molar-refractivity contribution in [1.29, 1.82) is 0 Å². The van der Waals surface area contributed by atoms with Gasteiger partial charge >= 0.3 is 12.1 Å². The lowest BCUT2D eigenvalue weighted by Crippen LogP contribution is -2.24. The zero-order chi connectivity index (χ0) is 17.5. The van der Waals surface area contributed by atoms with Crippen molar-refractivity contribution in [2.24, 2.45) is 0 Å². The van der Waals surface area contributed by atoms with E-state index < -0.39 is 29.7 Å². The minimum atomic E-state index is -4.54. The summed E-state index contributed by atoms with van der Waals surface area (Å²) in [5.74, 6) is -0.501. The molecule has 0 unspecified atom stereocenters. The van der Waals surface area contributed by atoms with Crippen molar-refractivity contribution >= 4 is 16.9 Å². The van der Waals surface area contributed by atoms with Gasteiger partial charge in [0.1, 0.15) is 12.1 Å². The van der Waals surface area contributed by atoms with Gasteiger partial charge in [-0.25, -0.2) is 4.79 Å². The summed E-state index contributed by atoms with van der Waals surface area (Å²) in [5.41, 5.74) is -1.19. The Balaban J connectivity index is 2.27. The highest BCUT2D eigenvalue weighted by Crippen LogP contribution is 2.35. The average Bonchev–Trinajstić information content (AvgIpc) is 2.95. The predicted molar refractivity (Wildman–Crippen MR) is 76.3 cm³/mol. The first-order chi connectivity index (χ1) is 11.3. The second kappa shape index (κ2) is 5.73. The molecule has 0 bridgehead atoms. The van der Waals surface area contributed by atoms with Gasteiger partial charge in [-0.2, -0.15) is 13.2 Å². The Hall–Kier alpha value is -2.71. The highest BCUT2D eigenvalue weighted by molar-refractivity contribution is 5.94. The Bertz CT molecular complexity index is 872. The van der Waals surface area contributed by atoms with Gasteiger partial charge in [-0.15, -0.1) is 0 Å². The molecule has 0 saturated heterocycles. The summed E-state index contributed by atoms with van der Waals surface area (Å²) in [5, 5.41) is -0.0750. The number of rotatable bonds is 3. The average molecular weight is 343 g/mol. The molecule has 24 heavy (non-hydrogen) atoms. The molecule has 3 rings (SSSR count). The molecular weight excluding hydrogens is 331 g/mol. The van der Waals surface area contributed by atoms with E-state index in [0.717, 1.165) is 10.8 Å². The largest absolute Gasteiger partial charge is 0.462 e. The van der Waals surface area contributed by atoms with Gasteiger partial charge in [0.2, 0.25) is 12.2 Å². The minimum Gasteiger partial charge on any atom is -0.462 e. The lowest BCUT2D eigenvalue weighted by Gasteiger charge is -2.15. The number of alkyl halides is 3. The molecule has 0 amide bonds. The quantitative estimate of drug-likeness (QED) is 0.801. The van der Waals surface area contributed by atoms with Crippen LogP contribution in [0.5, 0.6) is 11.5 Å². The summed E-state index contributed by atoms with van der Waals surface area (Å²) in [6.45, 7) is 0.0711. The highest BCUT2D eigenvalue weighted by atomic mass is 19.4. The first kappa shape index (κ1) is 16.2. The van der Waals surface area contributed by atoms with Crippen LogP contribution in [0.1, 0.15) is 17.3 Å². The van der Waals surface area contributed by atoms with E-state index >= 15 is 0 Å². The standard InChI is InChI=1S/C15H12F3NO5/c1-2-22-14(21)9-5-19(6-15(16,17)18)10-4-12-11(23-7-24-12)3-8(10)13(9)20/h3-5H,2,6-7H2,1H3. The lowest BCUT2D eigenvalue weighted by molar-refractivity contribution is -0.140. The van der Waals surface area contributed by atoms with E-state index in [2.05, 4.69) is 0 Å². The number of benzene rings is 1. The maximum atomic E-state index is 12.9. The Morgan fingerprint density at radius 3 is 2.58 bits per heavy atom. The van der Waals surface area contributed by atoms with E-state index in [1.54, 1.807) is 0 Å². The molecule has 9 heteroatoms. The van der Waals surface area contributed by atoms with Crippen LogP contribution in [0.25, 0.3) is 10.9 Å². The van der Waals surface area contributed by atoms with Gasteiger partial charge in [-0.3, -0.25) is 4.79 Å². The Labute approximate surface area is 133 Å². The van der Waals surface area contributed by atoms with E-state index in [4.69, 9.17) is 14.2 Å². The number of fused-ring (bicyclic) bond motifs is 2. The van der Waals surface area contributed by atoms with Crippen LogP contribution < -0.4 is 14.9 Å². The number of carbonyl (C=O) groups excluding carboxylic acids is 1. The molecule has 0 N–H and O–H groups in total. The number of hydrogen-bond donors (Lipinski definition) is 0. The van der Waals surface area contributed by atoms with Crippen LogP contribution in [0.15, 0.2) is 23.1 Å². The maximum absolute atomic E-state index is 12.9. The van der Waals surface area contributed by atoms with Crippen molar-refractivity contribution in [3.8, 4) is 11.5 Å². The van der Waals surface area contributed by atoms with Crippen LogP contribution in [-0.4, -0.2) is 30.1 Å². The van der Waals surface area contributed by atoms with Crippen molar-refractivity contribution in [3.63, 3.8) is 0 Å². The van der Waals surface area contributed by atoms with Crippen molar-refractivity contribution in [2.75, 3.05) is 13.4 Å². The van der Waals surface area contributed by atoms with E-state index in [0.29, 0.717) is 0 Å². The summed E-state index contributed by atoms with van der Waals surface area (Å²) in [6.07, 6.45) is -3.68. The third-order valence-electron chi connectivity index (χ3n) is 3.42. The molecule has 2 aromatic rings. The first-order valence-corrected chi connectivity index (χ1v) is 7.01. The van der Waals surface area contributed by atoms with Crippen LogP contribution in [0.3, 0.4) is 0 Å². The second-order valence-corrected chi connectivity index (χ2v) is 5.06. The molecule has 128 valence electrons. The normalized spacial score (nSPS) is 13.3. The molecule has 0 atom stereocenters. The van der Waals surface area contributed by atoms with Crippen LogP contribution in [0.2, 0.25) is 0 Å². The van der Waals surface area contributed by atoms with Crippen molar-refractivity contribution in [3.05, 3.63) is 34.1 Å². The second-order valence-electron chi connectivity index (χ2n) is 5.06. The fourth-order valence-electron chi connectivity index (χ4n) is 2.46. The lowest BCUT2D eigenvalue weighted by atomic mass is 10.1. The van der Waals surface area contributed by atoms with Gasteiger partial charge in [0.15, 0.2) is 11.5 Å². The zero-order valence-electron chi connectivity index (χ0n) is 12.5. The Kier molecular flexibility index (Phi) is 3.86. The molecule has 0 radical (unpaired) electrons. The summed E-state index contributed by atoms with van der Waals surface area (Å²) in [6, 6.07) is 2.56. The fraction of sp³-hybridized carbons (Fsp3) is 0.333. The molecule has 2 heterocycles. The van der Waals surface area contributed by atoms with Crippen molar-refractivity contribution < 1.29 is 32.2 Å². The van der Waals surface area contributed by atoms with Gasteiger partial charge in [-0.05, 0) is 13.0 Å². The van der Waals surface area contributed by atoms with Gasteiger partial charge < -0.3 is 18.8 Å². The summed E-state index contributed by atoms with van der Waals surface area (Å²) >= 11 is 0. The smallest absolute Gasteiger partial charge is 0.406 e. The monoisotopic (exact) mass is 343 g/mol. The molecule has 0 aliphatic carbocycles. The zero-order valence-corrected chi connectivity index (χ0v) is 12.5. The molecule has 1 aliphatic rings. The summed E-state index contributed by atoms with van der Waals surface area (Å²) in [7, 11) is 0. The van der Waals surface area contributed by atoms with Crippen LogP contribution >= 0.6 is 0 Å². The van der Waals surface area contributed by atoms with Gasteiger partial charge in [0.25, 0.3) is 0 Å². The molecule has 0 fully saturated rings. The first-order valence-electron chi connectivity index (χ1n) is 7.01. The van der Waals surface area contributed by atoms with Crippen LogP contribution in [-0.2, 0) is 11.3 Å². The number of ether oxygens (including phenoxy) is 3. The third kappa shape index (κ3) is 2.89. The van der Waals surface area contributed by atoms with E-state index in [-0.39, 0.29) is 35.8 Å². The molecule has 6 nitrogen and oxygen atoms in total. The Morgan fingerprint density at radius 1 is 1.29 bits per heavy atom. The third-order valence-corrected chi connectivity index (χ3v) is 3.42. The minimum absolute atomic E-state index is 0.00325. The molecule has 0 saturated carbocycles.